The number of hydrogen-bond acceptors (Lipinski definition) is 2. The molecule has 0 radical (unpaired) electrons. The van der Waals surface area contributed by atoms with Gasteiger partial charge >= 0.3 is 0 Å². The standard InChI is InChI=1S/C12H18O2/c1-2-3-4-5-11-10(8-9-13)6-7-12(11)14/h3-4,9-11H,2,5-8H2,1H3. The zero-order chi connectivity index (χ0) is 10.4. The van der Waals surface area contributed by atoms with Gasteiger partial charge in [0.1, 0.15) is 12.1 Å². The zero-order valence-electron chi connectivity index (χ0n) is 8.74. The SMILES string of the molecule is CCC=CCC1C(=O)CCC1CC=O. The lowest BCUT2D eigenvalue weighted by Crippen LogP contribution is -2.14. The van der Waals surface area contributed by atoms with Gasteiger partial charge in [-0.3, -0.25) is 4.79 Å². The minimum atomic E-state index is 0.114. The highest BCUT2D eigenvalue weighted by atomic mass is 16.1. The number of allylic oxidation sites excluding steroid dienone is 2. The first-order chi connectivity index (χ1) is 6.79. The quantitative estimate of drug-likeness (QED) is 0.498. The van der Waals surface area contributed by atoms with Gasteiger partial charge in [-0.05, 0) is 25.2 Å². The second-order valence-electron chi connectivity index (χ2n) is 3.89. The molecule has 1 rings (SSSR count). The summed E-state index contributed by atoms with van der Waals surface area (Å²) < 4.78 is 0. The van der Waals surface area contributed by atoms with Gasteiger partial charge in [0.25, 0.3) is 0 Å². The first-order valence-electron chi connectivity index (χ1n) is 5.41. The van der Waals surface area contributed by atoms with Crippen LogP contribution in [-0.2, 0) is 9.59 Å². The van der Waals surface area contributed by atoms with Gasteiger partial charge < -0.3 is 4.79 Å². The number of carbonyl (C=O) groups is 2. The number of ketones is 1. The van der Waals surface area contributed by atoms with E-state index in [9.17, 15) is 9.59 Å². The third-order valence-electron chi connectivity index (χ3n) is 2.94. The van der Waals surface area contributed by atoms with E-state index >= 15 is 0 Å². The molecule has 0 aliphatic heterocycles. The lowest BCUT2D eigenvalue weighted by molar-refractivity contribution is -0.121. The van der Waals surface area contributed by atoms with E-state index in [1.54, 1.807) is 0 Å². The molecule has 2 nitrogen and oxygen atoms in total. The van der Waals surface area contributed by atoms with Gasteiger partial charge in [-0.1, -0.05) is 19.1 Å². The van der Waals surface area contributed by atoms with E-state index in [4.69, 9.17) is 0 Å². The Kier molecular flexibility index (Phi) is 4.57. The van der Waals surface area contributed by atoms with Crippen molar-refractivity contribution in [3.63, 3.8) is 0 Å². The van der Waals surface area contributed by atoms with Crippen LogP contribution in [0.3, 0.4) is 0 Å². The van der Waals surface area contributed by atoms with Crippen molar-refractivity contribution in [2.24, 2.45) is 11.8 Å². The van der Waals surface area contributed by atoms with Gasteiger partial charge in [0.15, 0.2) is 0 Å². The first-order valence-corrected chi connectivity index (χ1v) is 5.41. The van der Waals surface area contributed by atoms with E-state index in [-0.39, 0.29) is 5.92 Å². The molecule has 0 N–H and O–H groups in total. The maximum Gasteiger partial charge on any atom is 0.136 e. The molecule has 1 saturated carbocycles. The van der Waals surface area contributed by atoms with E-state index in [1.165, 1.54) is 0 Å². The van der Waals surface area contributed by atoms with Crippen molar-refractivity contribution >= 4 is 12.1 Å². The van der Waals surface area contributed by atoms with Gasteiger partial charge in [0.05, 0.1) is 0 Å². The topological polar surface area (TPSA) is 34.1 Å². The van der Waals surface area contributed by atoms with Crippen molar-refractivity contribution in [1.29, 1.82) is 0 Å². The lowest BCUT2D eigenvalue weighted by atomic mass is 9.90. The first kappa shape index (κ1) is 11.2. The van der Waals surface area contributed by atoms with Crippen molar-refractivity contribution in [2.75, 3.05) is 0 Å². The van der Waals surface area contributed by atoms with Crippen LogP contribution in [0, 0.1) is 11.8 Å². The molecule has 0 saturated heterocycles. The molecule has 0 amide bonds. The van der Waals surface area contributed by atoms with Gasteiger partial charge in [0, 0.05) is 18.8 Å². The molecule has 0 spiro atoms. The van der Waals surface area contributed by atoms with Crippen molar-refractivity contribution in [3.05, 3.63) is 12.2 Å². The Morgan fingerprint density at radius 1 is 1.36 bits per heavy atom. The largest absolute Gasteiger partial charge is 0.303 e. The Balaban J connectivity index is 2.48. The molecule has 2 unspecified atom stereocenters. The predicted octanol–water partition coefficient (Wildman–Crippen LogP) is 2.53. The summed E-state index contributed by atoms with van der Waals surface area (Å²) >= 11 is 0. The maximum absolute atomic E-state index is 11.5. The molecule has 2 atom stereocenters. The Hall–Kier alpha value is -0.920. The Bertz CT molecular complexity index is 230. The van der Waals surface area contributed by atoms with E-state index in [0.717, 1.165) is 25.5 Å². The van der Waals surface area contributed by atoms with E-state index in [2.05, 4.69) is 19.1 Å². The fraction of sp³-hybridized carbons (Fsp3) is 0.667. The number of rotatable bonds is 5. The number of Topliss-reactive ketones (excluding diaryl/α,β-unsaturated/α-hetero) is 1. The zero-order valence-corrected chi connectivity index (χ0v) is 8.74. The molecule has 0 aromatic rings. The lowest BCUT2D eigenvalue weighted by Gasteiger charge is -2.13. The normalized spacial score (nSPS) is 27.4. The van der Waals surface area contributed by atoms with Crippen LogP contribution in [0.5, 0.6) is 0 Å². The summed E-state index contributed by atoms with van der Waals surface area (Å²) in [4.78, 5) is 21.9. The highest BCUT2D eigenvalue weighted by Crippen LogP contribution is 2.33. The highest BCUT2D eigenvalue weighted by Gasteiger charge is 2.32. The summed E-state index contributed by atoms with van der Waals surface area (Å²) in [6.45, 7) is 2.08. The van der Waals surface area contributed by atoms with Crippen molar-refractivity contribution in [1.82, 2.24) is 0 Å². The Morgan fingerprint density at radius 2 is 2.14 bits per heavy atom. The fourth-order valence-corrected chi connectivity index (χ4v) is 2.12. The fourth-order valence-electron chi connectivity index (χ4n) is 2.12. The van der Waals surface area contributed by atoms with Crippen LogP contribution >= 0.6 is 0 Å². The maximum atomic E-state index is 11.5. The number of hydrogen-bond donors (Lipinski definition) is 0. The predicted molar refractivity (Wildman–Crippen MR) is 56.0 cm³/mol. The molecule has 1 aliphatic rings. The number of aldehydes is 1. The monoisotopic (exact) mass is 194 g/mol. The number of carbonyl (C=O) groups excluding carboxylic acids is 2. The molecule has 0 bridgehead atoms. The van der Waals surface area contributed by atoms with E-state index in [0.29, 0.717) is 24.5 Å². The molecule has 14 heavy (non-hydrogen) atoms. The minimum absolute atomic E-state index is 0.114. The summed E-state index contributed by atoms with van der Waals surface area (Å²) in [5.41, 5.74) is 0. The highest BCUT2D eigenvalue weighted by molar-refractivity contribution is 5.84. The molecule has 0 heterocycles. The average molecular weight is 194 g/mol. The van der Waals surface area contributed by atoms with Crippen LogP contribution in [0.15, 0.2) is 12.2 Å². The van der Waals surface area contributed by atoms with Crippen LogP contribution < -0.4 is 0 Å². The molecule has 0 aromatic carbocycles. The molecule has 2 heteroatoms. The molecular formula is C12H18O2. The summed E-state index contributed by atoms with van der Waals surface area (Å²) in [6.07, 6.45) is 9.07. The van der Waals surface area contributed by atoms with Crippen molar-refractivity contribution in [2.45, 2.75) is 39.0 Å². The summed E-state index contributed by atoms with van der Waals surface area (Å²) in [5.74, 6) is 0.766. The molecule has 1 fully saturated rings. The van der Waals surface area contributed by atoms with Crippen LogP contribution in [-0.4, -0.2) is 12.1 Å². The Morgan fingerprint density at radius 3 is 2.79 bits per heavy atom. The van der Waals surface area contributed by atoms with Gasteiger partial charge in [-0.15, -0.1) is 0 Å². The summed E-state index contributed by atoms with van der Waals surface area (Å²) in [6, 6.07) is 0. The molecule has 1 aliphatic carbocycles. The van der Waals surface area contributed by atoms with E-state index < -0.39 is 0 Å². The van der Waals surface area contributed by atoms with E-state index in [1.807, 2.05) is 0 Å². The third kappa shape index (κ3) is 2.79. The van der Waals surface area contributed by atoms with Crippen molar-refractivity contribution in [3.8, 4) is 0 Å². The second kappa shape index (κ2) is 5.74. The average Bonchev–Trinajstić information content (AvgIpc) is 2.50. The summed E-state index contributed by atoms with van der Waals surface area (Å²) in [5, 5.41) is 0. The van der Waals surface area contributed by atoms with Gasteiger partial charge in [-0.25, -0.2) is 0 Å². The third-order valence-corrected chi connectivity index (χ3v) is 2.94. The molecular weight excluding hydrogens is 176 g/mol. The van der Waals surface area contributed by atoms with Gasteiger partial charge in [0.2, 0.25) is 0 Å². The Labute approximate surface area is 85.4 Å². The second-order valence-corrected chi connectivity index (χ2v) is 3.89. The minimum Gasteiger partial charge on any atom is -0.303 e. The molecule has 78 valence electrons. The van der Waals surface area contributed by atoms with Crippen LogP contribution in [0.2, 0.25) is 0 Å². The van der Waals surface area contributed by atoms with Crippen LogP contribution in [0.1, 0.15) is 39.0 Å². The van der Waals surface area contributed by atoms with Gasteiger partial charge in [-0.2, -0.15) is 0 Å². The summed E-state index contributed by atoms with van der Waals surface area (Å²) in [7, 11) is 0. The molecule has 0 aromatic heterocycles. The van der Waals surface area contributed by atoms with Crippen molar-refractivity contribution < 1.29 is 9.59 Å². The van der Waals surface area contributed by atoms with Crippen LogP contribution in [0.4, 0.5) is 0 Å². The van der Waals surface area contributed by atoms with Crippen LogP contribution in [0.25, 0.3) is 0 Å². The smallest absolute Gasteiger partial charge is 0.136 e.